The van der Waals surface area contributed by atoms with Gasteiger partial charge in [-0.3, -0.25) is 4.90 Å². The normalized spacial score (nSPS) is 36.3. The van der Waals surface area contributed by atoms with Crippen molar-refractivity contribution in [3.8, 4) is 0 Å². The predicted octanol–water partition coefficient (Wildman–Crippen LogP) is 2.24. The Morgan fingerprint density at radius 2 is 1.91 bits per heavy atom. The van der Waals surface area contributed by atoms with Crippen LogP contribution in [0.15, 0.2) is 0 Å². The first-order valence-corrected chi connectivity index (χ1v) is 9.53. The van der Waals surface area contributed by atoms with E-state index in [-0.39, 0.29) is 23.6 Å². The van der Waals surface area contributed by atoms with Crippen LogP contribution in [0.25, 0.3) is 0 Å². The average Bonchev–Trinajstić information content (AvgIpc) is 3.19. The molecule has 5 heteroatoms. The molecular formula is C18H33N3O2. The van der Waals surface area contributed by atoms with E-state index in [4.69, 9.17) is 0 Å². The average molecular weight is 323 g/mol. The van der Waals surface area contributed by atoms with E-state index in [2.05, 4.69) is 22.5 Å². The molecule has 5 nitrogen and oxygen atoms in total. The Balaban J connectivity index is 1.39. The second-order valence-electron chi connectivity index (χ2n) is 8.16. The quantitative estimate of drug-likeness (QED) is 0.743. The lowest BCUT2D eigenvalue weighted by molar-refractivity contribution is 0.00305. The number of amides is 2. The van der Waals surface area contributed by atoms with Crippen molar-refractivity contribution < 1.29 is 9.90 Å². The number of rotatable bonds is 4. The van der Waals surface area contributed by atoms with E-state index in [1.54, 1.807) is 0 Å². The number of aliphatic hydroxyl groups excluding tert-OH is 1. The maximum atomic E-state index is 12.2. The third kappa shape index (κ3) is 4.18. The smallest absolute Gasteiger partial charge is 0.315 e. The van der Waals surface area contributed by atoms with Crippen LogP contribution < -0.4 is 10.6 Å². The van der Waals surface area contributed by atoms with E-state index >= 15 is 0 Å². The number of urea groups is 1. The van der Waals surface area contributed by atoms with Crippen molar-refractivity contribution in [3.63, 3.8) is 0 Å². The van der Waals surface area contributed by atoms with Crippen LogP contribution in [0.5, 0.6) is 0 Å². The second kappa shape index (κ2) is 7.39. The highest BCUT2D eigenvalue weighted by Crippen LogP contribution is 2.35. The highest BCUT2D eigenvalue weighted by atomic mass is 16.3. The summed E-state index contributed by atoms with van der Waals surface area (Å²) in [4.78, 5) is 14.8. The molecule has 3 fully saturated rings. The summed E-state index contributed by atoms with van der Waals surface area (Å²) in [5.41, 5.74) is -0.166. The first-order valence-electron chi connectivity index (χ1n) is 9.53. The van der Waals surface area contributed by atoms with Gasteiger partial charge in [0.2, 0.25) is 0 Å². The van der Waals surface area contributed by atoms with E-state index in [0.29, 0.717) is 6.54 Å². The lowest BCUT2D eigenvalue weighted by Crippen LogP contribution is -2.50. The Labute approximate surface area is 140 Å². The van der Waals surface area contributed by atoms with Gasteiger partial charge in [-0.25, -0.2) is 4.79 Å². The minimum absolute atomic E-state index is 0.0673. The number of hydrogen-bond acceptors (Lipinski definition) is 3. The van der Waals surface area contributed by atoms with Crippen molar-refractivity contribution >= 4 is 6.03 Å². The summed E-state index contributed by atoms with van der Waals surface area (Å²) in [6.07, 6.45) is 10.3. The molecule has 132 valence electrons. The molecule has 0 radical (unpaired) electrons. The first-order chi connectivity index (χ1) is 11.1. The van der Waals surface area contributed by atoms with Gasteiger partial charge in [0, 0.05) is 37.1 Å². The maximum Gasteiger partial charge on any atom is 0.315 e. The van der Waals surface area contributed by atoms with Crippen molar-refractivity contribution in [3.05, 3.63) is 0 Å². The highest BCUT2D eigenvalue weighted by molar-refractivity contribution is 5.74. The minimum Gasteiger partial charge on any atom is -0.392 e. The standard InChI is InChI=1S/C18H33N3O2/c1-18(10-5-4-8-16(18)22)13-19-17(23)20-14-9-11-21(12-14)15-6-2-3-7-15/h14-16,22H,2-13H2,1H3,(H2,19,20,23). The van der Waals surface area contributed by atoms with Crippen LogP contribution >= 0.6 is 0 Å². The number of nitrogens with one attached hydrogen (secondary N) is 2. The number of nitrogens with zero attached hydrogens (tertiary/aromatic N) is 1. The molecule has 1 saturated heterocycles. The van der Waals surface area contributed by atoms with E-state index in [9.17, 15) is 9.90 Å². The minimum atomic E-state index is -0.291. The lowest BCUT2D eigenvalue weighted by atomic mass is 9.73. The largest absolute Gasteiger partial charge is 0.392 e. The number of hydrogen-bond donors (Lipinski definition) is 3. The zero-order chi connectivity index (χ0) is 16.3. The van der Waals surface area contributed by atoms with Crippen LogP contribution in [0.4, 0.5) is 4.79 Å². The zero-order valence-electron chi connectivity index (χ0n) is 14.5. The van der Waals surface area contributed by atoms with Crippen LogP contribution in [0.2, 0.25) is 0 Å². The highest BCUT2D eigenvalue weighted by Gasteiger charge is 2.36. The van der Waals surface area contributed by atoms with Crippen LogP contribution in [-0.2, 0) is 0 Å². The summed E-state index contributed by atoms with van der Waals surface area (Å²) >= 11 is 0. The molecule has 0 spiro atoms. The third-order valence-electron chi connectivity index (χ3n) is 6.33. The van der Waals surface area contributed by atoms with Gasteiger partial charge in [-0.1, -0.05) is 32.6 Å². The molecule has 3 unspecified atom stereocenters. The molecule has 2 amide bonds. The van der Waals surface area contributed by atoms with Gasteiger partial charge in [-0.2, -0.15) is 0 Å². The molecule has 2 saturated carbocycles. The van der Waals surface area contributed by atoms with Gasteiger partial charge in [0.1, 0.15) is 0 Å². The molecule has 23 heavy (non-hydrogen) atoms. The summed E-state index contributed by atoms with van der Waals surface area (Å²) in [6, 6.07) is 0.961. The summed E-state index contributed by atoms with van der Waals surface area (Å²) < 4.78 is 0. The molecular weight excluding hydrogens is 290 g/mol. The number of likely N-dealkylation sites (tertiary alicyclic amines) is 1. The molecule has 0 aromatic heterocycles. The van der Waals surface area contributed by atoms with Crippen molar-refractivity contribution in [2.24, 2.45) is 5.41 Å². The molecule has 1 heterocycles. The molecule has 0 aromatic carbocycles. The van der Waals surface area contributed by atoms with Crippen molar-refractivity contribution in [1.82, 2.24) is 15.5 Å². The molecule has 3 N–H and O–H groups in total. The first kappa shape index (κ1) is 17.0. The van der Waals surface area contributed by atoms with E-state index < -0.39 is 0 Å². The number of aliphatic hydroxyl groups is 1. The summed E-state index contributed by atoms with van der Waals surface area (Å²) in [7, 11) is 0. The van der Waals surface area contributed by atoms with Crippen molar-refractivity contribution in [1.29, 1.82) is 0 Å². The molecule has 0 bridgehead atoms. The van der Waals surface area contributed by atoms with Crippen molar-refractivity contribution in [2.45, 2.75) is 82.9 Å². The van der Waals surface area contributed by atoms with E-state index in [1.807, 2.05) is 0 Å². The Kier molecular flexibility index (Phi) is 5.47. The van der Waals surface area contributed by atoms with Gasteiger partial charge < -0.3 is 15.7 Å². The molecule has 2 aliphatic carbocycles. The van der Waals surface area contributed by atoms with Gasteiger partial charge in [-0.05, 0) is 32.1 Å². The van der Waals surface area contributed by atoms with E-state index in [1.165, 1.54) is 25.7 Å². The fraction of sp³-hybridized carbons (Fsp3) is 0.944. The topological polar surface area (TPSA) is 64.6 Å². The monoisotopic (exact) mass is 323 g/mol. The van der Waals surface area contributed by atoms with Crippen LogP contribution in [0, 0.1) is 5.41 Å². The van der Waals surface area contributed by atoms with Crippen molar-refractivity contribution in [2.75, 3.05) is 19.6 Å². The Morgan fingerprint density at radius 3 is 2.65 bits per heavy atom. The Morgan fingerprint density at radius 1 is 1.17 bits per heavy atom. The molecule has 0 aromatic rings. The fourth-order valence-corrected chi connectivity index (χ4v) is 4.61. The van der Waals surface area contributed by atoms with Gasteiger partial charge in [0.05, 0.1) is 6.10 Å². The maximum absolute atomic E-state index is 12.2. The van der Waals surface area contributed by atoms with E-state index in [0.717, 1.165) is 51.2 Å². The SMILES string of the molecule is CC1(CNC(=O)NC2CCN(C3CCCC3)C2)CCCCC1O. The Hall–Kier alpha value is -0.810. The third-order valence-corrected chi connectivity index (χ3v) is 6.33. The number of carbonyl (C=O) groups is 1. The summed E-state index contributed by atoms with van der Waals surface area (Å²) in [6.45, 7) is 4.78. The van der Waals surface area contributed by atoms with Crippen LogP contribution in [0.3, 0.4) is 0 Å². The second-order valence-corrected chi connectivity index (χ2v) is 8.16. The van der Waals surface area contributed by atoms with Crippen LogP contribution in [0.1, 0.15) is 64.7 Å². The van der Waals surface area contributed by atoms with Gasteiger partial charge in [0.25, 0.3) is 0 Å². The van der Waals surface area contributed by atoms with Gasteiger partial charge >= 0.3 is 6.03 Å². The Bertz CT molecular complexity index is 411. The molecule has 3 rings (SSSR count). The molecule has 3 aliphatic rings. The summed E-state index contributed by atoms with van der Waals surface area (Å²) in [5.74, 6) is 0. The number of carbonyl (C=O) groups excluding carboxylic acids is 1. The molecule has 3 atom stereocenters. The lowest BCUT2D eigenvalue weighted by Gasteiger charge is -2.38. The summed E-state index contributed by atoms with van der Waals surface area (Å²) in [5, 5.41) is 16.3. The van der Waals surface area contributed by atoms with Gasteiger partial charge in [-0.15, -0.1) is 0 Å². The fourth-order valence-electron chi connectivity index (χ4n) is 4.61. The molecule has 1 aliphatic heterocycles. The van der Waals surface area contributed by atoms with Gasteiger partial charge in [0.15, 0.2) is 0 Å². The zero-order valence-corrected chi connectivity index (χ0v) is 14.5. The van der Waals surface area contributed by atoms with Crippen LogP contribution in [-0.4, -0.2) is 53.9 Å². The predicted molar refractivity (Wildman–Crippen MR) is 91.4 cm³/mol.